The zero-order valence-corrected chi connectivity index (χ0v) is 9.13. The van der Waals surface area contributed by atoms with Crippen LogP contribution in [0.15, 0.2) is 18.2 Å². The molecule has 2 heteroatoms. The van der Waals surface area contributed by atoms with Crippen molar-refractivity contribution in [3.63, 3.8) is 0 Å². The average Bonchev–Trinajstić information content (AvgIpc) is 2.75. The summed E-state index contributed by atoms with van der Waals surface area (Å²) in [6.07, 6.45) is 1.85. The maximum absolute atomic E-state index is 9.90. The summed E-state index contributed by atoms with van der Waals surface area (Å²) < 4.78 is 1.24. The zero-order chi connectivity index (χ0) is 8.77. The minimum absolute atomic E-state index is 0.481. The molecular formula is C10H11IO. The predicted molar refractivity (Wildman–Crippen MR) is 57.0 cm³/mol. The van der Waals surface area contributed by atoms with Crippen LogP contribution in [0, 0.1) is 10.5 Å². The van der Waals surface area contributed by atoms with Crippen LogP contribution in [0.2, 0.25) is 0 Å². The standard InChI is InChI=1S/C10H11IO/c1-7-8(10(12)5-6-10)3-2-4-9(7)11/h2-4,12H,5-6H2,1H3. The van der Waals surface area contributed by atoms with E-state index in [9.17, 15) is 5.11 Å². The number of benzene rings is 1. The highest BCUT2D eigenvalue weighted by Crippen LogP contribution is 2.46. The van der Waals surface area contributed by atoms with Gasteiger partial charge in [-0.1, -0.05) is 12.1 Å². The largest absolute Gasteiger partial charge is 0.385 e. The minimum Gasteiger partial charge on any atom is -0.385 e. The molecule has 64 valence electrons. The minimum atomic E-state index is -0.481. The Bertz CT molecular complexity index is 316. The van der Waals surface area contributed by atoms with Crippen molar-refractivity contribution < 1.29 is 5.11 Å². The van der Waals surface area contributed by atoms with Gasteiger partial charge in [-0.25, -0.2) is 0 Å². The zero-order valence-electron chi connectivity index (χ0n) is 6.97. The van der Waals surface area contributed by atoms with Gasteiger partial charge in [-0.2, -0.15) is 0 Å². The van der Waals surface area contributed by atoms with Gasteiger partial charge in [-0.05, 0) is 59.5 Å². The van der Waals surface area contributed by atoms with Gasteiger partial charge in [-0.15, -0.1) is 0 Å². The van der Waals surface area contributed by atoms with Crippen LogP contribution in [0.1, 0.15) is 24.0 Å². The van der Waals surface area contributed by atoms with Crippen molar-refractivity contribution in [2.75, 3.05) is 0 Å². The van der Waals surface area contributed by atoms with Gasteiger partial charge in [0, 0.05) is 3.57 Å². The number of rotatable bonds is 1. The summed E-state index contributed by atoms with van der Waals surface area (Å²) in [5.74, 6) is 0. The molecule has 1 aliphatic rings. The first-order valence-corrected chi connectivity index (χ1v) is 5.19. The van der Waals surface area contributed by atoms with E-state index in [4.69, 9.17) is 0 Å². The van der Waals surface area contributed by atoms with Gasteiger partial charge in [0.2, 0.25) is 0 Å². The van der Waals surface area contributed by atoms with Crippen molar-refractivity contribution in [1.82, 2.24) is 0 Å². The van der Waals surface area contributed by atoms with Crippen LogP contribution < -0.4 is 0 Å². The maximum atomic E-state index is 9.90. The molecule has 1 fully saturated rings. The molecule has 2 rings (SSSR count). The van der Waals surface area contributed by atoms with Crippen LogP contribution >= 0.6 is 22.6 Å². The quantitative estimate of drug-likeness (QED) is 0.780. The molecule has 1 aromatic rings. The average molecular weight is 274 g/mol. The van der Waals surface area contributed by atoms with E-state index >= 15 is 0 Å². The van der Waals surface area contributed by atoms with E-state index in [1.165, 1.54) is 9.13 Å². The Morgan fingerprint density at radius 2 is 2.08 bits per heavy atom. The Morgan fingerprint density at radius 3 is 2.67 bits per heavy atom. The summed E-state index contributed by atoms with van der Waals surface area (Å²) in [5.41, 5.74) is 1.87. The van der Waals surface area contributed by atoms with E-state index < -0.39 is 5.60 Å². The smallest absolute Gasteiger partial charge is 0.0901 e. The van der Waals surface area contributed by atoms with Gasteiger partial charge >= 0.3 is 0 Å². The molecule has 0 amide bonds. The van der Waals surface area contributed by atoms with Crippen LogP contribution in [-0.2, 0) is 5.60 Å². The first kappa shape index (κ1) is 8.51. The van der Waals surface area contributed by atoms with E-state index in [0.717, 1.165) is 18.4 Å². The Hall–Kier alpha value is -0.0900. The molecule has 1 aliphatic carbocycles. The third kappa shape index (κ3) is 1.27. The molecule has 0 aliphatic heterocycles. The molecule has 1 nitrogen and oxygen atoms in total. The third-order valence-corrected chi connectivity index (χ3v) is 3.66. The molecule has 0 heterocycles. The normalized spacial score (nSPS) is 19.2. The number of hydrogen-bond acceptors (Lipinski definition) is 1. The molecule has 0 aromatic heterocycles. The van der Waals surface area contributed by atoms with Gasteiger partial charge in [0.25, 0.3) is 0 Å². The van der Waals surface area contributed by atoms with Gasteiger partial charge in [0.05, 0.1) is 5.60 Å². The third-order valence-electron chi connectivity index (χ3n) is 2.49. The molecule has 0 atom stereocenters. The Morgan fingerprint density at radius 1 is 1.42 bits per heavy atom. The van der Waals surface area contributed by atoms with Crippen molar-refractivity contribution in [2.24, 2.45) is 0 Å². The van der Waals surface area contributed by atoms with E-state index in [1.807, 2.05) is 12.1 Å². The molecule has 1 aromatic carbocycles. The van der Waals surface area contributed by atoms with E-state index in [2.05, 4.69) is 35.6 Å². The summed E-state index contributed by atoms with van der Waals surface area (Å²) in [6.45, 7) is 2.08. The van der Waals surface area contributed by atoms with Crippen molar-refractivity contribution >= 4 is 22.6 Å². The van der Waals surface area contributed by atoms with Crippen LogP contribution in [0.25, 0.3) is 0 Å². The number of hydrogen-bond donors (Lipinski definition) is 1. The lowest BCUT2D eigenvalue weighted by Crippen LogP contribution is -2.07. The molecule has 0 radical (unpaired) electrons. The molecule has 0 spiro atoms. The topological polar surface area (TPSA) is 20.2 Å². The molecule has 0 saturated heterocycles. The highest BCUT2D eigenvalue weighted by Gasteiger charge is 2.43. The van der Waals surface area contributed by atoms with Crippen molar-refractivity contribution in [2.45, 2.75) is 25.4 Å². The predicted octanol–water partition coefficient (Wildman–Crippen LogP) is 2.58. The molecule has 1 N–H and O–H groups in total. The van der Waals surface area contributed by atoms with E-state index in [-0.39, 0.29) is 0 Å². The number of halogens is 1. The lowest BCUT2D eigenvalue weighted by molar-refractivity contribution is 0.150. The SMILES string of the molecule is Cc1c(I)cccc1C1(O)CC1. The Kier molecular flexibility index (Phi) is 1.92. The first-order chi connectivity index (χ1) is 5.63. The van der Waals surface area contributed by atoms with E-state index in [1.54, 1.807) is 0 Å². The van der Waals surface area contributed by atoms with Gasteiger partial charge in [-0.3, -0.25) is 0 Å². The van der Waals surface area contributed by atoms with Gasteiger partial charge < -0.3 is 5.11 Å². The fourth-order valence-corrected chi connectivity index (χ4v) is 2.00. The first-order valence-electron chi connectivity index (χ1n) is 4.11. The lowest BCUT2D eigenvalue weighted by atomic mass is 10.0. The number of aliphatic hydroxyl groups is 1. The van der Waals surface area contributed by atoms with E-state index in [0.29, 0.717) is 0 Å². The molecule has 0 unspecified atom stereocenters. The van der Waals surface area contributed by atoms with Crippen LogP contribution in [0.5, 0.6) is 0 Å². The highest BCUT2D eigenvalue weighted by molar-refractivity contribution is 14.1. The highest BCUT2D eigenvalue weighted by atomic mass is 127. The fraction of sp³-hybridized carbons (Fsp3) is 0.400. The Labute approximate surface area is 85.9 Å². The van der Waals surface area contributed by atoms with Crippen molar-refractivity contribution in [3.05, 3.63) is 32.9 Å². The van der Waals surface area contributed by atoms with Crippen LogP contribution in [-0.4, -0.2) is 5.11 Å². The Balaban J connectivity index is 2.51. The van der Waals surface area contributed by atoms with Crippen LogP contribution in [0.4, 0.5) is 0 Å². The van der Waals surface area contributed by atoms with Gasteiger partial charge in [0.1, 0.15) is 0 Å². The maximum Gasteiger partial charge on any atom is 0.0901 e. The molecule has 12 heavy (non-hydrogen) atoms. The summed E-state index contributed by atoms with van der Waals surface area (Å²) in [5, 5.41) is 9.90. The van der Waals surface area contributed by atoms with Gasteiger partial charge in [0.15, 0.2) is 0 Å². The molecule has 1 saturated carbocycles. The van der Waals surface area contributed by atoms with Crippen molar-refractivity contribution in [1.29, 1.82) is 0 Å². The van der Waals surface area contributed by atoms with Crippen LogP contribution in [0.3, 0.4) is 0 Å². The summed E-state index contributed by atoms with van der Waals surface area (Å²) in [7, 11) is 0. The fourth-order valence-electron chi connectivity index (χ4n) is 1.50. The van der Waals surface area contributed by atoms with Crippen molar-refractivity contribution in [3.8, 4) is 0 Å². The lowest BCUT2D eigenvalue weighted by Gasteiger charge is -2.12. The molecule has 0 bridgehead atoms. The second-order valence-corrected chi connectivity index (χ2v) is 4.61. The summed E-state index contributed by atoms with van der Waals surface area (Å²) in [4.78, 5) is 0. The summed E-state index contributed by atoms with van der Waals surface area (Å²) in [6, 6.07) is 6.12. The molecular weight excluding hydrogens is 263 g/mol. The second kappa shape index (κ2) is 2.70. The monoisotopic (exact) mass is 274 g/mol. The second-order valence-electron chi connectivity index (χ2n) is 3.44. The summed E-state index contributed by atoms with van der Waals surface area (Å²) >= 11 is 2.31.